The number of unbranched alkanes of at least 4 members (excludes halogenated alkanes) is 4. The van der Waals surface area contributed by atoms with Crippen LogP contribution in [0.2, 0.25) is 0 Å². The fourth-order valence-electron chi connectivity index (χ4n) is 16.3. The van der Waals surface area contributed by atoms with E-state index in [1.54, 1.807) is 49.9 Å². The number of aliphatic carboxylic acids is 1. The zero-order valence-electron chi connectivity index (χ0n) is 80.6. The number of Topliss-reactive ketones (excluding diaryl/α,β-unsaturated/α-hetero) is 1. The van der Waals surface area contributed by atoms with E-state index in [0.717, 1.165) is 0 Å². The van der Waals surface area contributed by atoms with Crippen molar-refractivity contribution in [2.45, 2.75) is 284 Å². The van der Waals surface area contributed by atoms with Gasteiger partial charge in [0, 0.05) is 171 Å². The summed E-state index contributed by atoms with van der Waals surface area (Å²) in [6.07, 6.45) is -8.18. The monoisotopic (exact) mass is 1920 g/mol. The van der Waals surface area contributed by atoms with Crippen LogP contribution in [0.25, 0.3) is 0 Å². The second-order valence-electron chi connectivity index (χ2n) is 33.9. The molecule has 3 heterocycles. The van der Waals surface area contributed by atoms with Crippen LogP contribution < -0.4 is 36.1 Å². The number of hydrogen-bond donors (Lipinski definition) is 6. The molecule has 0 radical (unpaired) electrons. The predicted octanol–water partition coefficient (Wildman–Crippen LogP) is 6.62. The number of hydrogen-bond acceptors (Lipinski definition) is 32. The maximum absolute atomic E-state index is 14.8. The summed E-state index contributed by atoms with van der Waals surface area (Å²) in [5.74, 6) is -9.36. The summed E-state index contributed by atoms with van der Waals surface area (Å²) in [6, 6.07) is 21.2. The van der Waals surface area contributed by atoms with Gasteiger partial charge in [0.25, 0.3) is 0 Å². The molecule has 7 amide bonds. The van der Waals surface area contributed by atoms with Gasteiger partial charge in [-0.1, -0.05) is 75.4 Å². The van der Waals surface area contributed by atoms with E-state index in [2.05, 4.69) is 26.6 Å². The first kappa shape index (κ1) is 113. The number of nitrogens with one attached hydrogen (secondary N) is 5. The molecule has 136 heavy (non-hydrogen) atoms. The molecule has 7 unspecified atom stereocenters. The molecule has 3 aromatic carbocycles. The van der Waals surface area contributed by atoms with Gasteiger partial charge in [-0.3, -0.25) is 76.7 Å². The molecule has 16 atom stereocenters. The van der Waals surface area contributed by atoms with Crippen LogP contribution in [-0.2, 0) is 149 Å². The van der Waals surface area contributed by atoms with Gasteiger partial charge in [-0.2, -0.15) is 0 Å². The van der Waals surface area contributed by atoms with Crippen LogP contribution in [0.1, 0.15) is 215 Å². The zero-order chi connectivity index (χ0) is 100.0. The Kier molecular flexibility index (Phi) is 49.7. The van der Waals surface area contributed by atoms with E-state index in [1.165, 1.54) is 81.4 Å². The average molecular weight is 1920 g/mol. The highest BCUT2D eigenvalue weighted by molar-refractivity contribution is 5.84. The largest absolute Gasteiger partial charge is 0.497 e. The van der Waals surface area contributed by atoms with Gasteiger partial charge >= 0.3 is 47.8 Å². The van der Waals surface area contributed by atoms with Gasteiger partial charge in [-0.05, 0) is 105 Å². The summed E-state index contributed by atoms with van der Waals surface area (Å²) in [5, 5.41) is 23.7. The van der Waals surface area contributed by atoms with Gasteiger partial charge in [0.1, 0.15) is 85.4 Å². The maximum atomic E-state index is 14.8. The molecule has 0 aliphatic carbocycles. The quantitative estimate of drug-likeness (QED) is 0.0150. The molecule has 3 fully saturated rings. The second-order valence-corrected chi connectivity index (χ2v) is 33.9. The number of carboxylic acid groups (broad SMARTS) is 1. The summed E-state index contributed by atoms with van der Waals surface area (Å²) in [7, 11) is 3.06. The molecule has 3 aliphatic rings. The summed E-state index contributed by atoms with van der Waals surface area (Å²) >= 11 is 0. The summed E-state index contributed by atoms with van der Waals surface area (Å²) < 4.78 is 93.4. The Morgan fingerprint density at radius 2 is 0.779 bits per heavy atom. The standard InChI is InChI=1S/C96H139N7O33/c1-59-87(99-62(4)104)93(134-78(56-126-65(7)107)90(59)130-68(10)110)123-51-23-19-31-74(113)30-18-22-47-102(83(116)33-21-25-53-125-95-89(101-64(6)106)61(3)92(132-70(12)112)80(136-95)58-128-67(9)109)49-27-50-103(48-26-46-97-81(114)32-20-24-52-124-94-88(100-63(5)105)60(2)91(131-69(11)111)79(135-94)57-127-66(8)108)84(117)43-42-82(115)98-54-77(133-86(120)45-44-85(118)119)55-129-96(71-28-16-15-17-29-71,72-34-38-75(121-13)39-35-72)73-36-40-76(122-14)41-37-73/h15-17,28-29,34-41,59-61,77-80,87-95H,18-27,30-33,42-58H2,1-14H3,(H,97,114)(H,98,115)(H,99,104)(H,100,105)(H,101,106)(H,118,119)/t59-,60-,61-,77?,78?,79?,80?,87?,88?,89?,90-,91-,92-,93-,94-,95-/m1/s1. The molecule has 40 nitrogen and oxygen atoms in total. The van der Waals surface area contributed by atoms with Crippen molar-refractivity contribution >= 4 is 94.9 Å². The number of carbonyl (C=O) groups excluding carboxylic acids is 15. The third kappa shape index (κ3) is 39.4. The summed E-state index contributed by atoms with van der Waals surface area (Å²) in [6.45, 7) is 15.6. The molecule has 756 valence electrons. The zero-order valence-corrected chi connectivity index (χ0v) is 80.6. The molecule has 3 aliphatic heterocycles. The Bertz CT molecular complexity index is 4300. The van der Waals surface area contributed by atoms with Crippen molar-refractivity contribution in [3.63, 3.8) is 0 Å². The number of benzene rings is 3. The molecule has 3 saturated heterocycles. The van der Waals surface area contributed by atoms with Crippen molar-refractivity contribution in [2.75, 3.05) is 99.7 Å². The Labute approximate surface area is 793 Å². The fraction of sp³-hybridized carbons (Fsp3) is 0.646. The minimum atomic E-state index is -1.42. The molecule has 3 aromatic rings. The van der Waals surface area contributed by atoms with Crippen molar-refractivity contribution in [1.82, 2.24) is 36.4 Å². The van der Waals surface area contributed by atoms with Gasteiger partial charge in [0.2, 0.25) is 41.4 Å². The van der Waals surface area contributed by atoms with Crippen LogP contribution in [0.5, 0.6) is 11.5 Å². The molecule has 0 spiro atoms. The number of esters is 7. The van der Waals surface area contributed by atoms with Crippen LogP contribution >= 0.6 is 0 Å². The fourth-order valence-corrected chi connectivity index (χ4v) is 16.3. The molecule has 6 N–H and O–H groups in total. The van der Waals surface area contributed by atoms with E-state index in [1.807, 2.05) is 54.6 Å². The smallest absolute Gasteiger partial charge is 0.306 e. The van der Waals surface area contributed by atoms with E-state index >= 15 is 0 Å². The number of ether oxygens (including phenoxy) is 16. The number of methoxy groups -OCH3 is 2. The number of carboxylic acids is 1. The van der Waals surface area contributed by atoms with E-state index in [0.29, 0.717) is 73.1 Å². The van der Waals surface area contributed by atoms with Crippen LogP contribution in [-0.4, -0.2) is 289 Å². The van der Waals surface area contributed by atoms with Gasteiger partial charge in [-0.15, -0.1) is 0 Å². The number of rotatable bonds is 60. The first-order chi connectivity index (χ1) is 64.8. The molecule has 0 aromatic heterocycles. The van der Waals surface area contributed by atoms with Crippen LogP contribution in [0, 0.1) is 17.8 Å². The Hall–Kier alpha value is -11.3. The van der Waals surface area contributed by atoms with Gasteiger partial charge in [0.05, 0.1) is 58.3 Å². The van der Waals surface area contributed by atoms with Crippen molar-refractivity contribution in [3.8, 4) is 11.5 Å². The van der Waals surface area contributed by atoms with Gasteiger partial charge in [0.15, 0.2) is 18.9 Å². The highest BCUT2D eigenvalue weighted by Gasteiger charge is 2.51. The number of nitrogens with zero attached hydrogens (tertiary/aromatic N) is 2. The predicted molar refractivity (Wildman–Crippen MR) is 484 cm³/mol. The minimum Gasteiger partial charge on any atom is -0.497 e. The summed E-state index contributed by atoms with van der Waals surface area (Å²) in [4.78, 5) is 209. The van der Waals surface area contributed by atoms with E-state index < -0.39 is 193 Å². The first-order valence-corrected chi connectivity index (χ1v) is 46.4. The molecule has 6 rings (SSSR count). The molecular weight excluding hydrogens is 1780 g/mol. The SMILES string of the molecule is COc1ccc(C(OCC(CNC(=O)CCC(=O)N(CCCNC(=O)CCCCO[C@@H]2OC(COC(C)=O)[C@H](OC(C)=O)[C@H](C)C2NC(C)=O)CCCN(CCCCC(=O)CCCCO[C@@H]2OC(COC(C)=O)[C@H](OC(C)=O)[C@H](C)C2NC(C)=O)C(=O)CCCCO[C@@H]2OC(COC(C)=O)[C@H](OC(C)=O)[C@H](C)C2NC(C)=O)OC(=O)CCC(=O)O)(c2ccccc2)c2ccc(OC)cc2)cc1. The average Bonchev–Trinajstić information content (AvgIpc) is 0.736. The lowest BCUT2D eigenvalue weighted by Crippen LogP contribution is -2.62. The van der Waals surface area contributed by atoms with Gasteiger partial charge < -0.3 is 117 Å². The number of amides is 7. The molecule has 0 bridgehead atoms. The number of ketones is 1. The topological polar surface area (TPSA) is 508 Å². The Balaban J connectivity index is 1.20. The third-order valence-corrected chi connectivity index (χ3v) is 23.0. The number of carbonyl (C=O) groups is 16. The van der Waals surface area contributed by atoms with Crippen LogP contribution in [0.4, 0.5) is 0 Å². The lowest BCUT2D eigenvalue weighted by atomic mass is 9.80. The minimum absolute atomic E-state index is 0.00531. The molecule has 40 heteroatoms. The highest BCUT2D eigenvalue weighted by Crippen LogP contribution is 2.43. The summed E-state index contributed by atoms with van der Waals surface area (Å²) in [5.41, 5.74) is 0.496. The van der Waals surface area contributed by atoms with E-state index in [-0.39, 0.29) is 161 Å². The highest BCUT2D eigenvalue weighted by atomic mass is 16.7. The Morgan fingerprint density at radius 1 is 0.404 bits per heavy atom. The van der Waals surface area contributed by atoms with Gasteiger partial charge in [-0.25, -0.2) is 0 Å². The molecular formula is C96H139N7O33. The van der Waals surface area contributed by atoms with Crippen molar-refractivity contribution in [1.29, 1.82) is 0 Å². The van der Waals surface area contributed by atoms with Crippen LogP contribution in [0.15, 0.2) is 78.9 Å². The molecule has 0 saturated carbocycles. The maximum Gasteiger partial charge on any atom is 0.306 e. The van der Waals surface area contributed by atoms with E-state index in [4.69, 9.17) is 75.8 Å². The van der Waals surface area contributed by atoms with Crippen LogP contribution in [0.3, 0.4) is 0 Å². The first-order valence-electron chi connectivity index (χ1n) is 46.4. The van der Waals surface area contributed by atoms with E-state index in [9.17, 15) is 81.8 Å². The van der Waals surface area contributed by atoms with Crippen molar-refractivity contribution < 1.29 is 158 Å². The normalized spacial score (nSPS) is 21.5. The third-order valence-electron chi connectivity index (χ3n) is 23.0. The lowest BCUT2D eigenvalue weighted by Gasteiger charge is -2.44. The van der Waals surface area contributed by atoms with Crippen molar-refractivity contribution in [2.24, 2.45) is 17.8 Å². The second kappa shape index (κ2) is 59.6. The lowest BCUT2D eigenvalue weighted by molar-refractivity contribution is -0.262. The van der Waals surface area contributed by atoms with Crippen molar-refractivity contribution in [3.05, 3.63) is 95.6 Å². The Morgan fingerprint density at radius 3 is 1.18 bits per heavy atom.